The number of unbranched alkanes of at least 4 members (excludes halogenated alkanes) is 1. The molecule has 0 fully saturated rings. The minimum atomic E-state index is -0.133. The van der Waals surface area contributed by atoms with Crippen LogP contribution < -0.4 is 3.80 Å². The van der Waals surface area contributed by atoms with Crippen LogP contribution in [0.2, 0.25) is 0 Å². The molecule has 0 radical (unpaired) electrons. The van der Waals surface area contributed by atoms with Crippen LogP contribution >= 0.6 is 24.8 Å². The van der Waals surface area contributed by atoms with Crippen molar-refractivity contribution in [3.05, 3.63) is 53.1 Å². The summed E-state index contributed by atoms with van der Waals surface area (Å²) in [4.78, 5) is 2.24. The van der Waals surface area contributed by atoms with Gasteiger partial charge in [-0.25, -0.2) is 0 Å². The van der Waals surface area contributed by atoms with E-state index in [2.05, 4.69) is 73.1 Å². The fourth-order valence-electron chi connectivity index (χ4n) is 2.98. The number of hydrogen-bond acceptors (Lipinski definition) is 2. The summed E-state index contributed by atoms with van der Waals surface area (Å²) >= 11 is -0.133. The second-order valence-corrected chi connectivity index (χ2v) is 8.98. The van der Waals surface area contributed by atoms with Gasteiger partial charge in [-0.3, -0.25) is 0 Å². The van der Waals surface area contributed by atoms with Gasteiger partial charge in [-0.15, -0.1) is 24.8 Å². The summed E-state index contributed by atoms with van der Waals surface area (Å²) in [5, 5.41) is 0. The molecule has 0 aromatic heterocycles. The first-order valence-electron chi connectivity index (χ1n) is 8.73. The molecule has 1 atom stereocenters. The van der Waals surface area contributed by atoms with Crippen molar-refractivity contribution in [2.24, 2.45) is 0 Å². The van der Waals surface area contributed by atoms with E-state index in [1.54, 1.807) is 0 Å². The Morgan fingerprint density at radius 1 is 1.20 bits per heavy atom. The first-order chi connectivity index (χ1) is 11.1. The van der Waals surface area contributed by atoms with Gasteiger partial charge in [0.25, 0.3) is 0 Å². The maximum Gasteiger partial charge on any atom is -0.147 e. The first kappa shape index (κ1) is 24.9. The summed E-state index contributed by atoms with van der Waals surface area (Å²) in [5.74, 6) is 0. The van der Waals surface area contributed by atoms with E-state index in [4.69, 9.17) is 0 Å². The van der Waals surface area contributed by atoms with Crippen LogP contribution in [-0.4, -0.2) is 32.1 Å². The fourth-order valence-corrected chi connectivity index (χ4v) is 4.60. The van der Waals surface area contributed by atoms with Gasteiger partial charge in [-0.05, 0) is 0 Å². The molecule has 2 rings (SSSR count). The molecular formula is C20H32Cl2N2Ti. The molecule has 0 spiro atoms. The normalized spacial score (nSPS) is 14.3. The van der Waals surface area contributed by atoms with Gasteiger partial charge in [-0.2, -0.15) is 0 Å². The van der Waals surface area contributed by atoms with Crippen molar-refractivity contribution in [2.45, 2.75) is 37.3 Å². The molecule has 1 aliphatic carbocycles. The SMILES string of the molecule is CCCC[NH][Ti][CH](C)c1ccccc1C1=CC(CN(C)C)=CC1.Cl.Cl. The summed E-state index contributed by atoms with van der Waals surface area (Å²) in [6.07, 6.45) is 8.43. The molecule has 1 N–H and O–H groups in total. The average molecular weight is 419 g/mol. The number of benzene rings is 1. The van der Waals surface area contributed by atoms with Crippen molar-refractivity contribution >= 4 is 30.4 Å². The molecule has 1 aromatic carbocycles. The van der Waals surface area contributed by atoms with Gasteiger partial charge in [-0.1, -0.05) is 0 Å². The van der Waals surface area contributed by atoms with Gasteiger partial charge in [0.15, 0.2) is 0 Å². The Labute approximate surface area is 175 Å². The van der Waals surface area contributed by atoms with Crippen LogP contribution in [0.4, 0.5) is 0 Å². The zero-order valence-corrected chi connectivity index (χ0v) is 19.0. The van der Waals surface area contributed by atoms with Crippen LogP contribution in [0, 0.1) is 0 Å². The Hall–Kier alpha value is -0.0857. The molecule has 0 aliphatic heterocycles. The van der Waals surface area contributed by atoms with Crippen LogP contribution in [0.3, 0.4) is 0 Å². The molecule has 0 saturated carbocycles. The van der Waals surface area contributed by atoms with E-state index in [-0.39, 0.29) is 44.2 Å². The topological polar surface area (TPSA) is 15.3 Å². The first-order valence-corrected chi connectivity index (χ1v) is 10.4. The Morgan fingerprint density at radius 2 is 1.92 bits per heavy atom. The quantitative estimate of drug-likeness (QED) is 0.434. The van der Waals surface area contributed by atoms with E-state index >= 15 is 0 Å². The van der Waals surface area contributed by atoms with Crippen molar-refractivity contribution in [1.29, 1.82) is 0 Å². The monoisotopic (exact) mass is 418 g/mol. The number of hydrogen-bond donors (Lipinski definition) is 1. The molecule has 0 saturated heterocycles. The molecule has 1 aromatic rings. The van der Waals surface area contributed by atoms with E-state index in [0.717, 1.165) is 13.0 Å². The minimum absolute atomic E-state index is 0. The largest absolute Gasteiger partial charge is 0.147 e. The van der Waals surface area contributed by atoms with Crippen LogP contribution in [-0.2, 0) is 19.4 Å². The van der Waals surface area contributed by atoms with Gasteiger partial charge < -0.3 is 0 Å². The number of halogens is 2. The number of nitrogens with zero attached hydrogens (tertiary/aromatic N) is 1. The fraction of sp³-hybridized carbons (Fsp3) is 0.500. The van der Waals surface area contributed by atoms with Gasteiger partial charge in [0.1, 0.15) is 0 Å². The van der Waals surface area contributed by atoms with Gasteiger partial charge in [0.2, 0.25) is 0 Å². The number of likely N-dealkylation sites (N-methyl/N-ethyl adjacent to an activating group) is 1. The average Bonchev–Trinajstić information content (AvgIpc) is 2.99. The van der Waals surface area contributed by atoms with E-state index < -0.39 is 0 Å². The Morgan fingerprint density at radius 3 is 2.60 bits per heavy atom. The minimum Gasteiger partial charge on any atom is -0.147 e. The van der Waals surface area contributed by atoms with E-state index in [0.29, 0.717) is 4.22 Å². The van der Waals surface area contributed by atoms with Crippen molar-refractivity contribution < 1.29 is 19.4 Å². The van der Waals surface area contributed by atoms with Gasteiger partial charge in [0.05, 0.1) is 0 Å². The van der Waals surface area contributed by atoms with E-state index in [1.807, 2.05) is 0 Å². The van der Waals surface area contributed by atoms with Crippen molar-refractivity contribution in [3.63, 3.8) is 0 Å². The summed E-state index contributed by atoms with van der Waals surface area (Å²) in [6.45, 7) is 6.86. The molecule has 25 heavy (non-hydrogen) atoms. The molecule has 5 heteroatoms. The summed E-state index contributed by atoms with van der Waals surface area (Å²) in [7, 11) is 4.27. The van der Waals surface area contributed by atoms with Crippen LogP contribution in [0.25, 0.3) is 5.57 Å². The molecule has 140 valence electrons. The summed E-state index contributed by atoms with van der Waals surface area (Å²) in [6, 6.07) is 9.01. The van der Waals surface area contributed by atoms with E-state index in [1.165, 1.54) is 41.7 Å². The number of allylic oxidation sites excluding steroid dienone is 2. The van der Waals surface area contributed by atoms with Crippen LogP contribution in [0.5, 0.6) is 0 Å². The summed E-state index contributed by atoms with van der Waals surface area (Å²) < 4.78 is 4.39. The van der Waals surface area contributed by atoms with E-state index in [9.17, 15) is 0 Å². The Bertz CT molecular complexity index is 571. The van der Waals surface area contributed by atoms with Gasteiger partial charge in [0, 0.05) is 0 Å². The smallest absolute Gasteiger partial charge is 0.147 e. The number of rotatable bonds is 9. The molecule has 1 unspecified atom stereocenters. The molecule has 0 heterocycles. The Balaban J connectivity index is 0.00000288. The zero-order chi connectivity index (χ0) is 16.7. The number of nitrogens with one attached hydrogen (secondary N) is 1. The zero-order valence-electron chi connectivity index (χ0n) is 15.8. The molecule has 0 amide bonds. The molecule has 1 aliphatic rings. The molecular weight excluding hydrogens is 387 g/mol. The molecule has 2 nitrogen and oxygen atoms in total. The van der Waals surface area contributed by atoms with Crippen molar-refractivity contribution in [3.8, 4) is 0 Å². The second kappa shape index (κ2) is 13.1. The van der Waals surface area contributed by atoms with Gasteiger partial charge >= 0.3 is 151 Å². The second-order valence-electron chi connectivity index (χ2n) is 6.62. The maximum absolute atomic E-state index is 3.72. The van der Waals surface area contributed by atoms with Crippen molar-refractivity contribution in [1.82, 2.24) is 8.70 Å². The van der Waals surface area contributed by atoms with Crippen LogP contribution in [0.1, 0.15) is 48.5 Å². The Kier molecular flexibility index (Phi) is 13.1. The predicted octanol–water partition coefficient (Wildman–Crippen LogP) is 5.25. The summed E-state index contributed by atoms with van der Waals surface area (Å²) in [5.41, 5.74) is 5.93. The standard InChI is InChI=1S/C16H20N.C4H10N.2ClH.Ti/c1-4-14-7-5-6-8-16(14)15-10-9-13(11-15)12-17(2)3;1-2-3-4-5;;;/h4-9,11H,10,12H2,1-3H3;5H,2-4H2,1H3;2*1H;/q;-1;;;+1. The third kappa shape index (κ3) is 7.99. The van der Waals surface area contributed by atoms with Crippen LogP contribution in [0.15, 0.2) is 42.0 Å². The third-order valence-electron chi connectivity index (χ3n) is 4.19. The maximum atomic E-state index is 3.72. The van der Waals surface area contributed by atoms with Crippen molar-refractivity contribution in [2.75, 3.05) is 27.2 Å². The predicted molar refractivity (Wildman–Crippen MR) is 111 cm³/mol. The molecule has 0 bridgehead atoms. The third-order valence-corrected chi connectivity index (χ3v) is 6.06.